The molecule has 0 N–H and O–H groups in total. The van der Waals surface area contributed by atoms with Crippen LogP contribution in [0.3, 0.4) is 0 Å². The maximum atomic E-state index is 5.86. The number of benzene rings is 4. The molecule has 2 aliphatic rings. The van der Waals surface area contributed by atoms with E-state index in [0.717, 1.165) is 16.5 Å². The van der Waals surface area contributed by atoms with Gasteiger partial charge < -0.3 is 24.8 Å². The molecule has 228 valence electrons. The van der Waals surface area contributed by atoms with Gasteiger partial charge in [0.15, 0.2) is 0 Å². The van der Waals surface area contributed by atoms with E-state index < -0.39 is 0 Å². The van der Waals surface area contributed by atoms with Crippen molar-refractivity contribution in [3.8, 4) is 11.1 Å². The summed E-state index contributed by atoms with van der Waals surface area (Å²) in [6, 6.07) is 33.9. The van der Waals surface area contributed by atoms with Gasteiger partial charge in [-0.25, -0.2) is 6.08 Å². The molecule has 4 aromatic rings. The van der Waals surface area contributed by atoms with Gasteiger partial charge in [-0.05, 0) is 6.42 Å². The molecule has 0 bridgehead atoms. The molecule has 0 aliphatic heterocycles. The Bertz CT molecular complexity index is 1450. The van der Waals surface area contributed by atoms with Crippen LogP contribution in [-0.4, -0.2) is 3.21 Å². The van der Waals surface area contributed by atoms with Crippen LogP contribution >= 0.6 is 23.2 Å². The number of fused-ring (bicyclic) bond motifs is 3. The largest absolute Gasteiger partial charge is 1.00 e. The topological polar surface area (TPSA) is 0 Å². The number of unbranched alkanes of at least 4 members (excludes halogenated alkanes) is 1. The Kier molecular flexibility index (Phi) is 16.1. The Hall–Kier alpha value is -1.73. The standard InChI is InChI=1S/C13H8Cl2.C13H9.C13H21.2ClH.Zr/c14-12-5-1-10(2-6-12)9-11-3-7-13(15)8-4-11;1-3-7-12-10(5-1)9-11-6-2-4-8-13(11)12;1-5-6-7-11-8-9-12(10-11)13(2,3)4;;;/h1-8H;1-5,7-8H,9H2;9-11H,5-7H2,1-4H3;2*1H;/q;2*-1;;;+2/p-2. The third kappa shape index (κ3) is 11.0. The molecular weight excluding hydrogens is 701 g/mol. The average molecular weight is 740 g/mol. The number of hydrogen-bond acceptors (Lipinski definition) is 0. The van der Waals surface area contributed by atoms with Crippen molar-refractivity contribution in [1.82, 2.24) is 0 Å². The molecule has 0 saturated carbocycles. The van der Waals surface area contributed by atoms with E-state index in [1.165, 1.54) is 85.7 Å². The van der Waals surface area contributed by atoms with Crippen LogP contribution < -0.4 is 24.8 Å². The molecule has 5 heteroatoms. The predicted octanol–water partition coefficient (Wildman–Crippen LogP) is 5.31. The Labute approximate surface area is 302 Å². The van der Waals surface area contributed by atoms with Crippen LogP contribution in [0.2, 0.25) is 10.0 Å². The van der Waals surface area contributed by atoms with E-state index in [0.29, 0.717) is 11.3 Å². The molecule has 0 saturated heterocycles. The minimum atomic E-state index is 0. The first-order chi connectivity index (χ1) is 20.2. The summed E-state index contributed by atoms with van der Waals surface area (Å²) in [4.78, 5) is 0. The molecule has 0 heterocycles. The van der Waals surface area contributed by atoms with Crippen LogP contribution in [-0.2, 0) is 30.7 Å². The molecule has 44 heavy (non-hydrogen) atoms. The maximum absolute atomic E-state index is 5.86. The van der Waals surface area contributed by atoms with Gasteiger partial charge in [0.25, 0.3) is 0 Å². The number of rotatable bonds is 5. The van der Waals surface area contributed by atoms with E-state index in [9.17, 15) is 0 Å². The van der Waals surface area contributed by atoms with E-state index in [1.54, 1.807) is 0 Å². The van der Waals surface area contributed by atoms with Crippen molar-refractivity contribution in [3.05, 3.63) is 153 Å². The van der Waals surface area contributed by atoms with Crippen LogP contribution in [0.15, 0.2) is 109 Å². The Morgan fingerprint density at radius 2 is 1.39 bits per heavy atom. The summed E-state index contributed by atoms with van der Waals surface area (Å²) < 4.78 is 1.31. The monoisotopic (exact) mass is 736 g/mol. The zero-order valence-corrected chi connectivity index (χ0v) is 31.2. The van der Waals surface area contributed by atoms with E-state index in [1.807, 2.05) is 54.6 Å². The normalized spacial score (nSPS) is 13.9. The zero-order chi connectivity index (χ0) is 30.1. The minimum Gasteiger partial charge on any atom is -1.00 e. The fraction of sp³-hybridized carbons (Fsp3) is 0.256. The molecule has 6 rings (SSSR count). The van der Waals surface area contributed by atoms with Crippen molar-refractivity contribution < 1.29 is 49.0 Å². The second-order valence-electron chi connectivity index (χ2n) is 11.7. The third-order valence-electron chi connectivity index (χ3n) is 7.45. The van der Waals surface area contributed by atoms with Crippen molar-refractivity contribution in [2.75, 3.05) is 0 Å². The Morgan fingerprint density at radius 3 is 1.93 bits per heavy atom. The molecule has 1 atom stereocenters. The van der Waals surface area contributed by atoms with Gasteiger partial charge in [0, 0.05) is 0 Å². The molecule has 4 aromatic carbocycles. The number of hydrogen-bond donors (Lipinski definition) is 0. The Morgan fingerprint density at radius 1 is 0.818 bits per heavy atom. The summed E-state index contributed by atoms with van der Waals surface area (Å²) in [5.74, 6) is 0.592. The van der Waals surface area contributed by atoms with Gasteiger partial charge in [-0.15, -0.1) is 5.56 Å². The first-order valence-electron chi connectivity index (χ1n) is 14.7. The summed E-state index contributed by atoms with van der Waals surface area (Å²) in [5, 5.41) is 1.53. The molecule has 0 amide bonds. The summed E-state index contributed by atoms with van der Waals surface area (Å²) in [5.41, 5.74) is 9.69. The summed E-state index contributed by atoms with van der Waals surface area (Å²) in [7, 11) is 0. The fourth-order valence-corrected chi connectivity index (χ4v) is 6.04. The third-order valence-corrected chi connectivity index (χ3v) is 9.37. The van der Waals surface area contributed by atoms with Gasteiger partial charge in [-0.1, -0.05) is 93.7 Å². The minimum absolute atomic E-state index is 0. The fourth-order valence-electron chi connectivity index (χ4n) is 4.96. The summed E-state index contributed by atoms with van der Waals surface area (Å²) in [6.07, 6.45) is 12.9. The van der Waals surface area contributed by atoms with Crippen molar-refractivity contribution in [2.45, 2.75) is 53.4 Å². The molecular formula is C39H38Cl4Zr-2. The molecule has 1 unspecified atom stereocenters. The zero-order valence-electron chi connectivity index (χ0n) is 25.7. The van der Waals surface area contributed by atoms with Crippen molar-refractivity contribution in [3.63, 3.8) is 0 Å². The van der Waals surface area contributed by atoms with Gasteiger partial charge in [0.05, 0.1) is 0 Å². The smallest absolute Gasteiger partial charge is 0.0253 e. The summed E-state index contributed by atoms with van der Waals surface area (Å²) >= 11 is 13.1. The van der Waals surface area contributed by atoms with E-state index >= 15 is 0 Å². The van der Waals surface area contributed by atoms with Crippen molar-refractivity contribution >= 4 is 26.4 Å². The molecule has 0 radical (unpaired) electrons. The first kappa shape index (κ1) is 38.5. The van der Waals surface area contributed by atoms with Crippen LogP contribution in [0.4, 0.5) is 0 Å². The molecule has 0 aromatic heterocycles. The molecule has 0 nitrogen and oxygen atoms in total. The number of halogens is 4. The Balaban J connectivity index is 0.000000227. The van der Waals surface area contributed by atoms with Crippen LogP contribution in [0.5, 0.6) is 0 Å². The average Bonchev–Trinajstić information content (AvgIpc) is 3.63. The van der Waals surface area contributed by atoms with E-state index in [-0.39, 0.29) is 24.8 Å². The summed E-state index contributed by atoms with van der Waals surface area (Å²) in [6.45, 7) is 9.03. The van der Waals surface area contributed by atoms with Crippen LogP contribution in [0.1, 0.15) is 69.2 Å². The van der Waals surface area contributed by atoms with E-state index in [4.69, 9.17) is 23.2 Å². The van der Waals surface area contributed by atoms with Gasteiger partial charge >= 0.3 is 120 Å². The second-order valence-corrected chi connectivity index (χ2v) is 13.8. The molecule has 0 spiro atoms. The second kappa shape index (κ2) is 18.4. The first-order valence-corrected chi connectivity index (χ1v) is 16.6. The van der Waals surface area contributed by atoms with Crippen molar-refractivity contribution in [2.24, 2.45) is 11.3 Å². The van der Waals surface area contributed by atoms with Gasteiger partial charge in [0.2, 0.25) is 0 Å². The number of allylic oxidation sites excluding steroid dienone is 4. The van der Waals surface area contributed by atoms with Crippen molar-refractivity contribution in [1.29, 1.82) is 0 Å². The van der Waals surface area contributed by atoms with Crippen LogP contribution in [0, 0.1) is 23.5 Å². The maximum Gasteiger partial charge on any atom is -0.0253 e. The molecule has 2 aliphatic carbocycles. The van der Waals surface area contributed by atoms with E-state index in [2.05, 4.69) is 88.4 Å². The van der Waals surface area contributed by atoms with Gasteiger partial charge in [-0.3, -0.25) is 6.08 Å². The SMILES string of the molecule is CCCCC1[C-]=CC(C(C)(C)C)=C1.Clc1ccc([C](=[Zr+2])c2ccc(Cl)cc2)cc1.[Cl-].[Cl-].[c-]1cccc2c1Cc1ccccc1-2. The van der Waals surface area contributed by atoms with Gasteiger partial charge in [-0.2, -0.15) is 41.5 Å². The molecule has 0 fully saturated rings. The quantitative estimate of drug-likeness (QED) is 0.215. The predicted molar refractivity (Wildman–Crippen MR) is 178 cm³/mol. The van der Waals surface area contributed by atoms with Crippen LogP contribution in [0.25, 0.3) is 11.1 Å². The van der Waals surface area contributed by atoms with Gasteiger partial charge in [0.1, 0.15) is 0 Å².